The maximum absolute atomic E-state index is 12.4. The molecule has 3 aromatic rings. The average Bonchev–Trinajstić information content (AvgIpc) is 3.04. The minimum absolute atomic E-state index is 0.0362. The summed E-state index contributed by atoms with van der Waals surface area (Å²) in [6.07, 6.45) is 6.09. The second-order valence-corrected chi connectivity index (χ2v) is 9.43. The van der Waals surface area contributed by atoms with Gasteiger partial charge in [-0.15, -0.1) is 11.3 Å². The molecule has 0 aliphatic heterocycles. The minimum atomic E-state index is -0.970. The van der Waals surface area contributed by atoms with Crippen LogP contribution in [0.25, 0.3) is 10.2 Å². The molecule has 0 radical (unpaired) electrons. The second kappa shape index (κ2) is 7.97. The Morgan fingerprint density at radius 3 is 2.93 bits per heavy atom. The summed E-state index contributed by atoms with van der Waals surface area (Å²) in [6, 6.07) is 6.98. The van der Waals surface area contributed by atoms with Crippen LogP contribution in [0.2, 0.25) is 0 Å². The first kappa shape index (κ1) is 19.0. The number of nitrogens with two attached hydrogens (primary N) is 1. The fraction of sp³-hybridized carbons (Fsp3) is 0.350. The molecule has 28 heavy (non-hydrogen) atoms. The van der Waals surface area contributed by atoms with Crippen LogP contribution in [0, 0.1) is 0 Å². The first-order valence-corrected chi connectivity index (χ1v) is 11.7. The molecule has 2 aromatic heterocycles. The van der Waals surface area contributed by atoms with Crippen molar-refractivity contribution in [2.45, 2.75) is 38.0 Å². The lowest BCUT2D eigenvalue weighted by Gasteiger charge is -2.11. The third-order valence-electron chi connectivity index (χ3n) is 4.75. The minimum Gasteiger partial charge on any atom is -0.454 e. The number of thiophene rings is 1. The van der Waals surface area contributed by atoms with E-state index < -0.39 is 16.8 Å². The van der Waals surface area contributed by atoms with Crippen LogP contribution in [-0.2, 0) is 40.7 Å². The van der Waals surface area contributed by atoms with Crippen LogP contribution >= 0.6 is 11.3 Å². The van der Waals surface area contributed by atoms with Crippen LogP contribution in [-0.4, -0.2) is 26.4 Å². The summed E-state index contributed by atoms with van der Waals surface area (Å²) in [5.41, 5.74) is 8.74. The molecule has 0 bridgehead atoms. The van der Waals surface area contributed by atoms with Gasteiger partial charge >= 0.3 is 5.97 Å². The van der Waals surface area contributed by atoms with Crippen molar-refractivity contribution in [3.8, 4) is 0 Å². The first-order valence-electron chi connectivity index (χ1n) is 9.14. The van der Waals surface area contributed by atoms with E-state index in [1.807, 2.05) is 6.07 Å². The highest BCUT2D eigenvalue weighted by molar-refractivity contribution is 7.83. The maximum atomic E-state index is 12.4. The van der Waals surface area contributed by atoms with Gasteiger partial charge in [0.1, 0.15) is 10.6 Å². The highest BCUT2D eigenvalue weighted by Crippen LogP contribution is 2.37. The average molecular weight is 416 g/mol. The van der Waals surface area contributed by atoms with Gasteiger partial charge in [-0.2, -0.15) is 0 Å². The first-order chi connectivity index (χ1) is 13.5. The smallest absolute Gasteiger partial charge is 0.338 e. The van der Waals surface area contributed by atoms with Crippen molar-refractivity contribution in [3.63, 3.8) is 0 Å². The van der Waals surface area contributed by atoms with Gasteiger partial charge in [-0.25, -0.2) is 14.8 Å². The number of hydrogen-bond acceptors (Lipinski definition) is 7. The molecule has 1 aliphatic rings. The number of hydrogen-bond donors (Lipinski definition) is 1. The number of ether oxygens (including phenoxy) is 1. The highest BCUT2D eigenvalue weighted by atomic mass is 32.2. The molecule has 1 unspecified atom stereocenters. The molecule has 0 spiro atoms. The lowest BCUT2D eigenvalue weighted by Crippen LogP contribution is -2.09. The zero-order valence-corrected chi connectivity index (χ0v) is 17.2. The van der Waals surface area contributed by atoms with Gasteiger partial charge in [0.2, 0.25) is 0 Å². The zero-order chi connectivity index (χ0) is 19.7. The van der Waals surface area contributed by atoms with Crippen LogP contribution in [0.1, 0.15) is 45.0 Å². The van der Waals surface area contributed by atoms with E-state index in [-0.39, 0.29) is 6.61 Å². The fourth-order valence-corrected chi connectivity index (χ4v) is 5.47. The number of rotatable bonds is 5. The number of carbonyl (C=O) groups excluding carboxylic acids is 1. The topological polar surface area (TPSA) is 95.2 Å². The van der Waals surface area contributed by atoms with Crippen molar-refractivity contribution in [2.75, 3.05) is 12.0 Å². The molecule has 0 fully saturated rings. The van der Waals surface area contributed by atoms with Gasteiger partial charge in [0.05, 0.1) is 10.9 Å². The van der Waals surface area contributed by atoms with Crippen molar-refractivity contribution in [3.05, 3.63) is 51.7 Å². The number of carbonyl (C=O) groups is 1. The van der Waals surface area contributed by atoms with E-state index in [1.165, 1.54) is 23.3 Å². The van der Waals surface area contributed by atoms with Gasteiger partial charge in [0, 0.05) is 27.7 Å². The summed E-state index contributed by atoms with van der Waals surface area (Å²) < 4.78 is 16.8. The number of nitrogen functional groups attached to an aromatic ring is 1. The summed E-state index contributed by atoms with van der Waals surface area (Å²) in [5, 5.41) is 0.968. The molecule has 0 saturated heterocycles. The molecule has 2 heterocycles. The number of esters is 1. The van der Waals surface area contributed by atoms with Crippen LogP contribution in [0.3, 0.4) is 0 Å². The lowest BCUT2D eigenvalue weighted by atomic mass is 9.97. The van der Waals surface area contributed by atoms with E-state index in [4.69, 9.17) is 10.5 Å². The van der Waals surface area contributed by atoms with E-state index in [9.17, 15) is 9.00 Å². The molecule has 146 valence electrons. The highest BCUT2D eigenvalue weighted by Gasteiger charge is 2.20. The predicted molar refractivity (Wildman–Crippen MR) is 112 cm³/mol. The summed E-state index contributed by atoms with van der Waals surface area (Å²) in [6.45, 7) is -0.0362. The molecular formula is C20H21N3O3S2. The summed E-state index contributed by atoms with van der Waals surface area (Å²) in [7, 11) is -0.970. The van der Waals surface area contributed by atoms with E-state index in [0.717, 1.165) is 28.6 Å². The van der Waals surface area contributed by atoms with Crippen molar-refractivity contribution in [1.82, 2.24) is 9.97 Å². The van der Waals surface area contributed by atoms with Crippen LogP contribution in [0.5, 0.6) is 0 Å². The van der Waals surface area contributed by atoms with Crippen molar-refractivity contribution < 1.29 is 13.7 Å². The van der Waals surface area contributed by atoms with Crippen molar-refractivity contribution in [2.24, 2.45) is 0 Å². The van der Waals surface area contributed by atoms with Crippen LogP contribution in [0.15, 0.2) is 24.3 Å². The Morgan fingerprint density at radius 2 is 2.11 bits per heavy atom. The quantitative estimate of drug-likeness (QED) is 0.642. The maximum Gasteiger partial charge on any atom is 0.338 e. The molecule has 8 heteroatoms. The van der Waals surface area contributed by atoms with E-state index in [1.54, 1.807) is 35.8 Å². The zero-order valence-electron chi connectivity index (χ0n) is 15.6. The van der Waals surface area contributed by atoms with Crippen molar-refractivity contribution in [1.29, 1.82) is 0 Å². The Bertz CT molecular complexity index is 1080. The van der Waals surface area contributed by atoms with Crippen LogP contribution < -0.4 is 5.73 Å². The molecule has 0 saturated carbocycles. The summed E-state index contributed by atoms with van der Waals surface area (Å²) in [4.78, 5) is 23.5. The number of fused-ring (bicyclic) bond motifs is 3. The van der Waals surface area contributed by atoms with E-state index in [2.05, 4.69) is 9.97 Å². The third-order valence-corrected chi connectivity index (χ3v) is 6.68. The van der Waals surface area contributed by atoms with Gasteiger partial charge in [-0.3, -0.25) is 4.21 Å². The summed E-state index contributed by atoms with van der Waals surface area (Å²) >= 11 is 1.67. The molecule has 1 atom stereocenters. The number of anilines is 1. The van der Waals surface area contributed by atoms with E-state index >= 15 is 0 Å². The van der Waals surface area contributed by atoms with Gasteiger partial charge < -0.3 is 10.5 Å². The molecular weight excluding hydrogens is 394 g/mol. The Balaban J connectivity index is 1.51. The predicted octanol–water partition coefficient (Wildman–Crippen LogP) is 3.39. The SMILES string of the molecule is CS(=O)Cc1cccc(C(=O)OCc2nc(N)c3c4c(sc3n2)CCCC4)c1. The number of aromatic nitrogens is 2. The Labute approximate surface area is 169 Å². The molecule has 1 aliphatic carbocycles. The van der Waals surface area contributed by atoms with Crippen molar-refractivity contribution >= 4 is 44.1 Å². The van der Waals surface area contributed by atoms with Crippen LogP contribution in [0.4, 0.5) is 5.82 Å². The molecule has 2 N–H and O–H groups in total. The molecule has 6 nitrogen and oxygen atoms in total. The fourth-order valence-electron chi connectivity index (χ4n) is 3.53. The van der Waals surface area contributed by atoms with Gasteiger partial charge in [0.25, 0.3) is 0 Å². The monoisotopic (exact) mass is 415 g/mol. The van der Waals surface area contributed by atoms with Gasteiger partial charge in [-0.1, -0.05) is 12.1 Å². The number of nitrogens with zero attached hydrogens (tertiary/aromatic N) is 2. The molecule has 0 amide bonds. The van der Waals surface area contributed by atoms with Gasteiger partial charge in [0.15, 0.2) is 12.4 Å². The number of benzene rings is 1. The van der Waals surface area contributed by atoms with E-state index in [0.29, 0.717) is 23.0 Å². The normalized spacial score (nSPS) is 14.6. The Morgan fingerprint density at radius 1 is 1.29 bits per heavy atom. The standard InChI is InChI=1S/C20H21N3O3S2/c1-28(25)11-12-5-4-6-13(9-12)20(24)26-10-16-22-18(21)17-14-7-2-3-8-15(14)27-19(17)23-16/h4-6,9H,2-3,7-8,10-11H2,1H3,(H2,21,22,23). The summed E-state index contributed by atoms with van der Waals surface area (Å²) in [5.74, 6) is 0.808. The number of aryl methyl sites for hydroxylation is 2. The van der Waals surface area contributed by atoms with Gasteiger partial charge in [-0.05, 0) is 48.9 Å². The Kier molecular flexibility index (Phi) is 5.41. The molecule has 4 rings (SSSR count). The lowest BCUT2D eigenvalue weighted by molar-refractivity contribution is 0.0462. The largest absolute Gasteiger partial charge is 0.454 e. The molecule has 1 aromatic carbocycles. The third kappa shape index (κ3) is 3.93. The second-order valence-electron chi connectivity index (χ2n) is 6.91. The Hall–Kier alpha value is -2.32.